The molecule has 0 radical (unpaired) electrons. The van der Waals surface area contributed by atoms with Crippen LogP contribution in [0.4, 0.5) is 5.69 Å². The first-order chi connectivity index (χ1) is 15.0. The number of hydrogen-bond acceptors (Lipinski definition) is 5. The second kappa shape index (κ2) is 7.94. The van der Waals surface area contributed by atoms with Crippen LogP contribution >= 0.6 is 0 Å². The summed E-state index contributed by atoms with van der Waals surface area (Å²) in [6.07, 6.45) is 0.911. The van der Waals surface area contributed by atoms with Crippen molar-refractivity contribution in [2.24, 2.45) is 0 Å². The molecule has 0 aliphatic carbocycles. The van der Waals surface area contributed by atoms with Crippen molar-refractivity contribution in [1.29, 1.82) is 0 Å². The molecule has 2 heterocycles. The quantitative estimate of drug-likeness (QED) is 0.277. The highest BCUT2D eigenvalue weighted by Crippen LogP contribution is 2.40. The summed E-state index contributed by atoms with van der Waals surface area (Å²) in [5.74, 6) is -0.902. The zero-order valence-electron chi connectivity index (χ0n) is 18.4. The Morgan fingerprint density at radius 2 is 1.62 bits per heavy atom. The van der Waals surface area contributed by atoms with E-state index in [1.807, 2.05) is 25.1 Å². The van der Waals surface area contributed by atoms with Crippen molar-refractivity contribution in [1.82, 2.24) is 4.90 Å². The molecule has 0 N–H and O–H groups in total. The minimum absolute atomic E-state index is 0.204. The van der Waals surface area contributed by atoms with Gasteiger partial charge in [-0.3, -0.25) is 14.5 Å². The third-order valence-electron chi connectivity index (χ3n) is 6.58. The number of fused-ring (bicyclic) bond motifs is 2. The summed E-state index contributed by atoms with van der Waals surface area (Å²) in [6.45, 7) is 7.12. The number of unbranched alkanes of at least 4 members (excludes halogenated alkanes) is 1. The molecule has 0 aromatic heterocycles. The minimum Gasteiger partial charge on any atom is -0.748 e. The van der Waals surface area contributed by atoms with Gasteiger partial charge in [0, 0.05) is 30.7 Å². The number of benzene rings is 2. The van der Waals surface area contributed by atoms with E-state index in [0.29, 0.717) is 30.5 Å². The van der Waals surface area contributed by atoms with Gasteiger partial charge in [-0.25, -0.2) is 8.42 Å². The molecule has 32 heavy (non-hydrogen) atoms. The van der Waals surface area contributed by atoms with Gasteiger partial charge in [0.05, 0.1) is 33.2 Å². The standard InChI is InChI=1S/C24H26N2O5S/c1-16-24(2,3)20-14-17(10-11-21(20)25(16)12-6-7-13-32(29,30)31)15-26-22(27)18-8-4-5-9-19(18)23(26)28/h4-5,8-11,14H,6-7,12-13,15H2,1-3H3. The SMILES string of the molecule is CC1=[N+](CCCCS(=O)(=O)[O-])c2ccc(CN3C(=O)c4ccccc4C3=O)cc2C1(C)C. The molecule has 8 heteroatoms. The molecule has 168 valence electrons. The topological polar surface area (TPSA) is 97.6 Å². The van der Waals surface area contributed by atoms with E-state index >= 15 is 0 Å². The first kappa shape index (κ1) is 22.4. The van der Waals surface area contributed by atoms with Crippen LogP contribution in [-0.4, -0.2) is 52.3 Å². The maximum Gasteiger partial charge on any atom is 0.261 e. The molecule has 2 aliphatic heterocycles. The van der Waals surface area contributed by atoms with Gasteiger partial charge in [0.2, 0.25) is 5.69 Å². The molecular formula is C24H26N2O5S. The van der Waals surface area contributed by atoms with Crippen molar-refractivity contribution in [2.45, 2.75) is 45.6 Å². The lowest BCUT2D eigenvalue weighted by Gasteiger charge is -2.18. The summed E-state index contributed by atoms with van der Waals surface area (Å²) in [7, 11) is -4.20. The Morgan fingerprint density at radius 1 is 1.00 bits per heavy atom. The van der Waals surface area contributed by atoms with E-state index in [4.69, 9.17) is 0 Å². The van der Waals surface area contributed by atoms with E-state index in [0.717, 1.165) is 22.5 Å². The molecule has 0 saturated carbocycles. The number of carbonyl (C=O) groups excluding carboxylic acids is 2. The highest BCUT2D eigenvalue weighted by Gasteiger charge is 2.43. The van der Waals surface area contributed by atoms with Crippen molar-refractivity contribution in [3.05, 3.63) is 64.7 Å². The fourth-order valence-corrected chi connectivity index (χ4v) is 5.09. The number of amides is 2. The van der Waals surface area contributed by atoms with Gasteiger partial charge in [-0.1, -0.05) is 18.2 Å². The van der Waals surface area contributed by atoms with Gasteiger partial charge < -0.3 is 4.55 Å². The van der Waals surface area contributed by atoms with Crippen LogP contribution in [-0.2, 0) is 22.1 Å². The Hall–Kier alpha value is -2.84. The summed E-state index contributed by atoms with van der Waals surface area (Å²) in [4.78, 5) is 26.7. The molecule has 2 aromatic carbocycles. The molecular weight excluding hydrogens is 428 g/mol. The highest BCUT2D eigenvalue weighted by atomic mass is 32.2. The Kier molecular flexibility index (Phi) is 5.55. The van der Waals surface area contributed by atoms with E-state index in [9.17, 15) is 22.6 Å². The van der Waals surface area contributed by atoms with Crippen LogP contribution in [0.5, 0.6) is 0 Å². The molecule has 4 rings (SSSR count). The molecule has 7 nitrogen and oxygen atoms in total. The lowest BCUT2D eigenvalue weighted by molar-refractivity contribution is -0.439. The van der Waals surface area contributed by atoms with Gasteiger partial charge in [0.25, 0.3) is 11.8 Å². The van der Waals surface area contributed by atoms with Gasteiger partial charge in [0.15, 0.2) is 5.71 Å². The Morgan fingerprint density at radius 3 is 2.22 bits per heavy atom. The van der Waals surface area contributed by atoms with Crippen molar-refractivity contribution in [3.63, 3.8) is 0 Å². The maximum atomic E-state index is 12.7. The van der Waals surface area contributed by atoms with Crippen LogP contribution in [0.2, 0.25) is 0 Å². The van der Waals surface area contributed by atoms with Crippen LogP contribution in [0, 0.1) is 0 Å². The Balaban J connectivity index is 1.55. The van der Waals surface area contributed by atoms with Crippen LogP contribution in [0.25, 0.3) is 0 Å². The van der Waals surface area contributed by atoms with E-state index in [2.05, 4.69) is 18.4 Å². The maximum absolute atomic E-state index is 12.7. The van der Waals surface area contributed by atoms with Gasteiger partial charge in [0.1, 0.15) is 6.54 Å². The molecule has 0 fully saturated rings. The normalized spacial score (nSPS) is 17.2. The summed E-state index contributed by atoms with van der Waals surface area (Å²) >= 11 is 0. The van der Waals surface area contributed by atoms with Crippen molar-refractivity contribution < 1.29 is 27.1 Å². The minimum atomic E-state index is -4.20. The number of carbonyl (C=O) groups is 2. The zero-order chi connectivity index (χ0) is 23.3. The van der Waals surface area contributed by atoms with Crippen LogP contribution in [0.3, 0.4) is 0 Å². The highest BCUT2D eigenvalue weighted by molar-refractivity contribution is 7.85. The average Bonchev–Trinajstić information content (AvgIpc) is 3.08. The van der Waals surface area contributed by atoms with E-state index in [1.165, 1.54) is 4.90 Å². The molecule has 0 atom stereocenters. The molecule has 2 amide bonds. The van der Waals surface area contributed by atoms with E-state index in [-0.39, 0.29) is 29.5 Å². The Bertz CT molecular complexity index is 1230. The van der Waals surface area contributed by atoms with Crippen LogP contribution < -0.4 is 0 Å². The second-order valence-electron chi connectivity index (χ2n) is 8.92. The monoisotopic (exact) mass is 454 g/mol. The van der Waals surface area contributed by atoms with Crippen LogP contribution in [0.15, 0.2) is 42.5 Å². The summed E-state index contributed by atoms with van der Waals surface area (Å²) in [6, 6.07) is 12.8. The van der Waals surface area contributed by atoms with Crippen molar-refractivity contribution >= 4 is 33.3 Å². The van der Waals surface area contributed by atoms with E-state index < -0.39 is 10.1 Å². The molecule has 2 aliphatic rings. The van der Waals surface area contributed by atoms with Gasteiger partial charge >= 0.3 is 0 Å². The van der Waals surface area contributed by atoms with Gasteiger partial charge in [-0.2, -0.15) is 4.58 Å². The number of rotatable bonds is 7. The van der Waals surface area contributed by atoms with Gasteiger partial charge in [-0.15, -0.1) is 0 Å². The molecule has 0 saturated heterocycles. The smallest absolute Gasteiger partial charge is 0.261 e. The molecule has 0 bridgehead atoms. The summed E-state index contributed by atoms with van der Waals surface area (Å²) in [5.41, 5.74) is 4.76. The summed E-state index contributed by atoms with van der Waals surface area (Å²) < 4.78 is 34.8. The number of imide groups is 1. The van der Waals surface area contributed by atoms with Crippen LogP contribution in [0.1, 0.15) is 65.5 Å². The van der Waals surface area contributed by atoms with Gasteiger partial charge in [-0.05, 0) is 44.0 Å². The zero-order valence-corrected chi connectivity index (χ0v) is 19.2. The fraction of sp³-hybridized carbons (Fsp3) is 0.375. The molecule has 2 aromatic rings. The predicted molar refractivity (Wildman–Crippen MR) is 119 cm³/mol. The lowest BCUT2D eigenvalue weighted by atomic mass is 9.81. The van der Waals surface area contributed by atoms with E-state index in [1.54, 1.807) is 24.3 Å². The second-order valence-corrected chi connectivity index (χ2v) is 10.4. The fourth-order valence-electron chi connectivity index (χ4n) is 4.53. The first-order valence-corrected chi connectivity index (χ1v) is 12.2. The lowest BCUT2D eigenvalue weighted by Crippen LogP contribution is -2.29. The van der Waals surface area contributed by atoms with Crippen molar-refractivity contribution in [3.8, 4) is 0 Å². The Labute approximate surface area is 188 Å². The largest absolute Gasteiger partial charge is 0.748 e. The van der Waals surface area contributed by atoms with Crippen molar-refractivity contribution in [2.75, 3.05) is 12.3 Å². The predicted octanol–water partition coefficient (Wildman–Crippen LogP) is 3.20. The number of nitrogens with zero attached hydrogens (tertiary/aromatic N) is 2. The third-order valence-corrected chi connectivity index (χ3v) is 7.37. The molecule has 0 unspecified atom stereocenters. The third kappa shape index (κ3) is 3.89. The molecule has 0 spiro atoms. The first-order valence-electron chi connectivity index (χ1n) is 10.6. The summed E-state index contributed by atoms with van der Waals surface area (Å²) in [5, 5.41) is 0. The number of hydrogen-bond donors (Lipinski definition) is 0. The average molecular weight is 455 g/mol.